The Balaban J connectivity index is 1.64. The molecule has 1 aromatic heterocycles. The van der Waals surface area contributed by atoms with Gasteiger partial charge in [-0.15, -0.1) is 0 Å². The smallest absolute Gasteiger partial charge is 0.244 e. The van der Waals surface area contributed by atoms with Crippen LogP contribution in [0.15, 0.2) is 61.1 Å². The fourth-order valence-corrected chi connectivity index (χ4v) is 2.84. The van der Waals surface area contributed by atoms with Gasteiger partial charge in [-0.2, -0.15) is 0 Å². The summed E-state index contributed by atoms with van der Waals surface area (Å²) in [5.74, 6) is 0.267. The van der Waals surface area contributed by atoms with E-state index in [9.17, 15) is 4.79 Å². The summed E-state index contributed by atoms with van der Waals surface area (Å²) in [4.78, 5) is 16.2. The second-order valence-corrected chi connectivity index (χ2v) is 5.93. The van der Waals surface area contributed by atoms with Gasteiger partial charge < -0.3 is 16.5 Å². The van der Waals surface area contributed by atoms with Crippen molar-refractivity contribution in [3.63, 3.8) is 0 Å². The van der Waals surface area contributed by atoms with E-state index in [1.807, 2.05) is 18.2 Å². The molecule has 1 heterocycles. The number of carbonyl (C=O) groups is 1. The van der Waals surface area contributed by atoms with Gasteiger partial charge in [0.2, 0.25) is 5.91 Å². The lowest BCUT2D eigenvalue weighted by atomic mass is 10.0. The van der Waals surface area contributed by atoms with Gasteiger partial charge in [0.15, 0.2) is 0 Å². The number of amides is 1. The highest BCUT2D eigenvalue weighted by Gasteiger charge is 2.38. The SMILES string of the molecule is N=C/C(=C\N)c1ccncc1/C=C/C(=O)NC1CC1c1ccccc1. The summed E-state index contributed by atoms with van der Waals surface area (Å²) in [5.41, 5.74) is 8.90. The standard InChI is InChI=1S/C20H20N4O/c21-11-16(12-22)17-8-9-23-13-15(17)6-7-20(25)24-19-10-18(19)14-4-2-1-3-5-14/h1-9,11-13,18-19,21H,10,22H2,(H,24,25)/b7-6+,16-12+,21-11?. The van der Waals surface area contributed by atoms with Crippen LogP contribution in [0.1, 0.15) is 29.0 Å². The third-order valence-corrected chi connectivity index (χ3v) is 4.26. The molecule has 3 rings (SSSR count). The molecule has 1 fully saturated rings. The summed E-state index contributed by atoms with van der Waals surface area (Å²) in [7, 11) is 0. The van der Waals surface area contributed by atoms with Crippen molar-refractivity contribution < 1.29 is 4.79 Å². The van der Waals surface area contributed by atoms with Crippen LogP contribution in [-0.4, -0.2) is 23.1 Å². The first-order chi connectivity index (χ1) is 12.2. The minimum Gasteiger partial charge on any atom is -0.404 e. The van der Waals surface area contributed by atoms with Crippen molar-refractivity contribution in [1.29, 1.82) is 5.41 Å². The van der Waals surface area contributed by atoms with Crippen LogP contribution in [0, 0.1) is 5.41 Å². The zero-order chi connectivity index (χ0) is 17.6. The van der Waals surface area contributed by atoms with Crippen molar-refractivity contribution in [2.75, 3.05) is 0 Å². The van der Waals surface area contributed by atoms with Crippen LogP contribution in [0.25, 0.3) is 11.6 Å². The molecule has 0 bridgehead atoms. The highest BCUT2D eigenvalue weighted by atomic mass is 16.1. The minimum absolute atomic E-state index is 0.133. The Bertz CT molecular complexity index is 827. The van der Waals surface area contributed by atoms with E-state index in [0.717, 1.165) is 17.5 Å². The monoisotopic (exact) mass is 332 g/mol. The summed E-state index contributed by atoms with van der Waals surface area (Å²) < 4.78 is 0. The Labute approximate surface area is 146 Å². The second kappa shape index (κ2) is 7.57. The molecular weight excluding hydrogens is 312 g/mol. The van der Waals surface area contributed by atoms with Crippen LogP contribution in [0.2, 0.25) is 0 Å². The highest BCUT2D eigenvalue weighted by molar-refractivity contribution is 6.09. The van der Waals surface area contributed by atoms with Crippen molar-refractivity contribution in [3.8, 4) is 0 Å². The lowest BCUT2D eigenvalue weighted by molar-refractivity contribution is -0.116. The molecule has 5 heteroatoms. The van der Waals surface area contributed by atoms with E-state index < -0.39 is 0 Å². The van der Waals surface area contributed by atoms with Gasteiger partial charge >= 0.3 is 0 Å². The van der Waals surface area contributed by atoms with Crippen LogP contribution in [-0.2, 0) is 4.79 Å². The first kappa shape index (κ1) is 16.6. The van der Waals surface area contributed by atoms with E-state index in [1.54, 1.807) is 24.5 Å². The molecule has 25 heavy (non-hydrogen) atoms. The third kappa shape index (κ3) is 4.01. The summed E-state index contributed by atoms with van der Waals surface area (Å²) in [6.07, 6.45) is 10.00. The normalized spacial score (nSPS) is 19.6. The van der Waals surface area contributed by atoms with E-state index in [4.69, 9.17) is 11.1 Å². The van der Waals surface area contributed by atoms with Gasteiger partial charge in [0.25, 0.3) is 0 Å². The summed E-state index contributed by atoms with van der Waals surface area (Å²) in [6.45, 7) is 0. The topological polar surface area (TPSA) is 91.9 Å². The average molecular weight is 332 g/mol. The number of aromatic nitrogens is 1. The number of pyridine rings is 1. The maximum atomic E-state index is 12.2. The summed E-state index contributed by atoms with van der Waals surface area (Å²) in [6, 6.07) is 12.2. The Kier molecular flexibility index (Phi) is 5.04. The van der Waals surface area contributed by atoms with Crippen LogP contribution >= 0.6 is 0 Å². The Morgan fingerprint density at radius 2 is 2.08 bits per heavy atom. The lowest BCUT2D eigenvalue weighted by Crippen LogP contribution is -2.24. The van der Waals surface area contributed by atoms with Crippen molar-refractivity contribution >= 4 is 23.8 Å². The van der Waals surface area contributed by atoms with Crippen molar-refractivity contribution in [2.45, 2.75) is 18.4 Å². The number of benzene rings is 1. The highest BCUT2D eigenvalue weighted by Crippen LogP contribution is 2.40. The predicted molar refractivity (Wildman–Crippen MR) is 99.9 cm³/mol. The molecule has 1 amide bonds. The van der Waals surface area contributed by atoms with Crippen LogP contribution in [0.3, 0.4) is 0 Å². The Morgan fingerprint density at radius 3 is 2.80 bits per heavy atom. The number of rotatable bonds is 6. The van der Waals surface area contributed by atoms with Crippen LogP contribution < -0.4 is 11.1 Å². The molecule has 2 atom stereocenters. The van der Waals surface area contributed by atoms with E-state index in [-0.39, 0.29) is 11.9 Å². The average Bonchev–Trinajstić information content (AvgIpc) is 3.42. The zero-order valence-corrected chi connectivity index (χ0v) is 13.7. The molecule has 4 N–H and O–H groups in total. The maximum Gasteiger partial charge on any atom is 0.244 e. The molecule has 0 radical (unpaired) electrons. The van der Waals surface area contributed by atoms with Crippen molar-refractivity contribution in [3.05, 3.63) is 77.8 Å². The van der Waals surface area contributed by atoms with Gasteiger partial charge in [-0.25, -0.2) is 0 Å². The second-order valence-electron chi connectivity index (χ2n) is 5.93. The van der Waals surface area contributed by atoms with Gasteiger partial charge in [0.05, 0.1) is 0 Å². The number of allylic oxidation sites excluding steroid dienone is 1. The molecule has 0 aliphatic heterocycles. The van der Waals surface area contributed by atoms with E-state index in [2.05, 4.69) is 22.4 Å². The fourth-order valence-electron chi connectivity index (χ4n) is 2.84. The molecule has 1 aliphatic rings. The number of nitrogens with two attached hydrogens (primary N) is 1. The molecule has 5 nitrogen and oxygen atoms in total. The largest absolute Gasteiger partial charge is 0.404 e. The number of nitrogens with one attached hydrogen (secondary N) is 2. The van der Waals surface area contributed by atoms with Crippen LogP contribution in [0.4, 0.5) is 0 Å². The van der Waals surface area contributed by atoms with Gasteiger partial charge in [-0.1, -0.05) is 30.3 Å². The summed E-state index contributed by atoms with van der Waals surface area (Å²) in [5, 5.41) is 10.4. The molecule has 126 valence electrons. The van der Waals surface area contributed by atoms with Gasteiger partial charge in [0, 0.05) is 54.0 Å². The van der Waals surface area contributed by atoms with E-state index >= 15 is 0 Å². The third-order valence-electron chi connectivity index (χ3n) is 4.26. The lowest BCUT2D eigenvalue weighted by Gasteiger charge is -2.05. The predicted octanol–water partition coefficient (Wildman–Crippen LogP) is 2.72. The molecule has 1 aromatic carbocycles. The number of nitrogens with zero attached hydrogens (tertiary/aromatic N) is 1. The maximum absolute atomic E-state index is 12.2. The van der Waals surface area contributed by atoms with E-state index in [1.165, 1.54) is 24.1 Å². The molecule has 1 aliphatic carbocycles. The first-order valence-corrected chi connectivity index (χ1v) is 8.13. The molecule has 2 aromatic rings. The summed E-state index contributed by atoms with van der Waals surface area (Å²) >= 11 is 0. The minimum atomic E-state index is -0.133. The molecule has 1 saturated carbocycles. The van der Waals surface area contributed by atoms with E-state index in [0.29, 0.717) is 11.5 Å². The zero-order valence-electron chi connectivity index (χ0n) is 13.7. The van der Waals surface area contributed by atoms with Crippen molar-refractivity contribution in [2.24, 2.45) is 5.73 Å². The number of hydrogen-bond donors (Lipinski definition) is 3. The quantitative estimate of drug-likeness (QED) is 0.561. The van der Waals surface area contributed by atoms with Crippen LogP contribution in [0.5, 0.6) is 0 Å². The van der Waals surface area contributed by atoms with Gasteiger partial charge in [0.1, 0.15) is 0 Å². The fraction of sp³-hybridized carbons (Fsp3) is 0.150. The van der Waals surface area contributed by atoms with Crippen molar-refractivity contribution in [1.82, 2.24) is 10.3 Å². The molecular formula is C20H20N4O. The molecule has 0 saturated heterocycles. The Hall–Kier alpha value is -3.21. The number of carbonyl (C=O) groups excluding carboxylic acids is 1. The Morgan fingerprint density at radius 1 is 1.28 bits per heavy atom. The number of hydrogen-bond acceptors (Lipinski definition) is 4. The van der Waals surface area contributed by atoms with Gasteiger partial charge in [-0.3, -0.25) is 9.78 Å². The first-order valence-electron chi connectivity index (χ1n) is 8.13. The molecule has 2 unspecified atom stereocenters. The molecule has 0 spiro atoms. The van der Waals surface area contributed by atoms with Gasteiger partial charge in [-0.05, 0) is 29.7 Å².